The second-order valence-corrected chi connectivity index (χ2v) is 5.82. The zero-order valence-corrected chi connectivity index (χ0v) is 11.2. The second-order valence-electron chi connectivity index (χ2n) is 4.59. The molecule has 90 valence electrons. The van der Waals surface area contributed by atoms with Crippen LogP contribution in [0.15, 0.2) is 6.07 Å². The fourth-order valence-corrected chi connectivity index (χ4v) is 3.29. The molecule has 0 N–H and O–H groups in total. The molecule has 2 aromatic heterocycles. The first-order chi connectivity index (χ1) is 8.28. The Kier molecular flexibility index (Phi) is 2.74. The standard InChI is InChI=1S/C13H17N3S/c1-3-11-14-12(16-6-4-5-7-16)10-8-9(2)17-13(10)15-11/h8H,3-7H2,1-2H3. The first-order valence-corrected chi connectivity index (χ1v) is 7.11. The lowest BCUT2D eigenvalue weighted by Gasteiger charge is -2.17. The lowest BCUT2D eigenvalue weighted by atomic mass is 10.3. The molecule has 0 radical (unpaired) electrons. The number of hydrogen-bond donors (Lipinski definition) is 0. The average molecular weight is 247 g/mol. The summed E-state index contributed by atoms with van der Waals surface area (Å²) in [6.07, 6.45) is 3.49. The molecule has 2 aromatic rings. The van der Waals surface area contributed by atoms with Gasteiger partial charge in [-0.2, -0.15) is 0 Å². The van der Waals surface area contributed by atoms with E-state index in [9.17, 15) is 0 Å². The van der Waals surface area contributed by atoms with Gasteiger partial charge in [0.2, 0.25) is 0 Å². The summed E-state index contributed by atoms with van der Waals surface area (Å²) < 4.78 is 0. The minimum Gasteiger partial charge on any atom is -0.356 e. The van der Waals surface area contributed by atoms with E-state index in [0.29, 0.717) is 0 Å². The first-order valence-electron chi connectivity index (χ1n) is 6.30. The van der Waals surface area contributed by atoms with E-state index in [-0.39, 0.29) is 0 Å². The van der Waals surface area contributed by atoms with Gasteiger partial charge in [0.1, 0.15) is 16.5 Å². The van der Waals surface area contributed by atoms with Gasteiger partial charge in [0, 0.05) is 24.4 Å². The molecule has 3 heterocycles. The fourth-order valence-electron chi connectivity index (χ4n) is 2.40. The van der Waals surface area contributed by atoms with Crippen LogP contribution in [0.1, 0.15) is 30.5 Å². The highest BCUT2D eigenvalue weighted by Crippen LogP contribution is 2.32. The van der Waals surface area contributed by atoms with E-state index >= 15 is 0 Å². The quantitative estimate of drug-likeness (QED) is 0.816. The lowest BCUT2D eigenvalue weighted by molar-refractivity contribution is 0.897. The number of hydrogen-bond acceptors (Lipinski definition) is 4. The van der Waals surface area contributed by atoms with Crippen LogP contribution in [0.5, 0.6) is 0 Å². The maximum absolute atomic E-state index is 4.74. The molecule has 3 nitrogen and oxygen atoms in total. The third kappa shape index (κ3) is 1.90. The van der Waals surface area contributed by atoms with Crippen molar-refractivity contribution in [1.29, 1.82) is 0 Å². The Morgan fingerprint density at radius 3 is 2.76 bits per heavy atom. The molecule has 0 saturated carbocycles. The summed E-state index contributed by atoms with van der Waals surface area (Å²) in [7, 11) is 0. The minimum absolute atomic E-state index is 0.910. The van der Waals surface area contributed by atoms with Crippen molar-refractivity contribution in [3.63, 3.8) is 0 Å². The smallest absolute Gasteiger partial charge is 0.141 e. The maximum atomic E-state index is 4.74. The van der Waals surface area contributed by atoms with Gasteiger partial charge < -0.3 is 4.90 Å². The lowest BCUT2D eigenvalue weighted by Crippen LogP contribution is -2.20. The van der Waals surface area contributed by atoms with Crippen molar-refractivity contribution >= 4 is 27.4 Å². The van der Waals surface area contributed by atoms with Crippen LogP contribution in [0.2, 0.25) is 0 Å². The van der Waals surface area contributed by atoms with Crippen molar-refractivity contribution in [3.8, 4) is 0 Å². The molecule has 1 aliphatic heterocycles. The van der Waals surface area contributed by atoms with E-state index in [1.165, 1.54) is 23.1 Å². The van der Waals surface area contributed by atoms with Crippen molar-refractivity contribution in [2.24, 2.45) is 0 Å². The molecule has 0 spiro atoms. The Morgan fingerprint density at radius 2 is 2.06 bits per heavy atom. The number of rotatable bonds is 2. The number of anilines is 1. The van der Waals surface area contributed by atoms with Crippen molar-refractivity contribution in [2.45, 2.75) is 33.1 Å². The Morgan fingerprint density at radius 1 is 1.29 bits per heavy atom. The monoisotopic (exact) mass is 247 g/mol. The van der Waals surface area contributed by atoms with Crippen LogP contribution >= 0.6 is 11.3 Å². The maximum Gasteiger partial charge on any atom is 0.141 e. The molecule has 0 bridgehead atoms. The van der Waals surface area contributed by atoms with E-state index in [0.717, 1.165) is 36.0 Å². The van der Waals surface area contributed by atoms with E-state index in [1.807, 2.05) is 0 Å². The number of thiophene rings is 1. The molecule has 0 aromatic carbocycles. The molecule has 0 atom stereocenters. The molecule has 3 rings (SSSR count). The molecule has 4 heteroatoms. The second kappa shape index (κ2) is 4.26. The fraction of sp³-hybridized carbons (Fsp3) is 0.538. The predicted octanol–water partition coefficient (Wildman–Crippen LogP) is 3.16. The summed E-state index contributed by atoms with van der Waals surface area (Å²) in [6.45, 7) is 6.55. The summed E-state index contributed by atoms with van der Waals surface area (Å²) in [5.41, 5.74) is 0. The van der Waals surface area contributed by atoms with Crippen molar-refractivity contribution in [3.05, 3.63) is 16.8 Å². The molecule has 17 heavy (non-hydrogen) atoms. The Labute approximate surface area is 106 Å². The van der Waals surface area contributed by atoms with Gasteiger partial charge in [0.15, 0.2) is 0 Å². The highest BCUT2D eigenvalue weighted by atomic mass is 32.1. The van der Waals surface area contributed by atoms with Crippen LogP contribution in [-0.4, -0.2) is 23.1 Å². The SMILES string of the molecule is CCc1nc(N2CCCC2)c2cc(C)sc2n1. The zero-order chi connectivity index (χ0) is 11.8. The molecule has 1 saturated heterocycles. The third-order valence-electron chi connectivity index (χ3n) is 3.26. The van der Waals surface area contributed by atoms with Gasteiger partial charge in [0.25, 0.3) is 0 Å². The van der Waals surface area contributed by atoms with Gasteiger partial charge in [-0.3, -0.25) is 0 Å². The van der Waals surface area contributed by atoms with Gasteiger partial charge in [-0.15, -0.1) is 11.3 Å². The molecular formula is C13H17N3S. The Bertz CT molecular complexity index is 541. The van der Waals surface area contributed by atoms with Gasteiger partial charge in [-0.25, -0.2) is 9.97 Å². The first kappa shape index (κ1) is 11.0. The van der Waals surface area contributed by atoms with Crippen LogP contribution in [0.25, 0.3) is 10.2 Å². The van der Waals surface area contributed by atoms with Gasteiger partial charge in [0.05, 0.1) is 5.39 Å². The zero-order valence-electron chi connectivity index (χ0n) is 10.4. The summed E-state index contributed by atoms with van der Waals surface area (Å²) in [4.78, 5) is 14.2. The van der Waals surface area contributed by atoms with E-state index in [4.69, 9.17) is 4.98 Å². The highest BCUT2D eigenvalue weighted by molar-refractivity contribution is 7.18. The van der Waals surface area contributed by atoms with Crippen molar-refractivity contribution in [1.82, 2.24) is 9.97 Å². The summed E-state index contributed by atoms with van der Waals surface area (Å²) in [5.74, 6) is 2.13. The third-order valence-corrected chi connectivity index (χ3v) is 4.21. The molecule has 0 aliphatic carbocycles. The van der Waals surface area contributed by atoms with E-state index < -0.39 is 0 Å². The largest absolute Gasteiger partial charge is 0.356 e. The van der Waals surface area contributed by atoms with E-state index in [2.05, 4.69) is 29.8 Å². The molecular weight excluding hydrogens is 230 g/mol. The number of aromatic nitrogens is 2. The highest BCUT2D eigenvalue weighted by Gasteiger charge is 2.18. The summed E-state index contributed by atoms with van der Waals surface area (Å²) in [6, 6.07) is 2.23. The predicted molar refractivity (Wildman–Crippen MR) is 73.0 cm³/mol. The summed E-state index contributed by atoms with van der Waals surface area (Å²) >= 11 is 1.78. The van der Waals surface area contributed by atoms with Crippen LogP contribution in [-0.2, 0) is 6.42 Å². The van der Waals surface area contributed by atoms with Crippen LogP contribution in [0.4, 0.5) is 5.82 Å². The van der Waals surface area contributed by atoms with Crippen molar-refractivity contribution < 1.29 is 0 Å². The van der Waals surface area contributed by atoms with Crippen LogP contribution in [0.3, 0.4) is 0 Å². The van der Waals surface area contributed by atoms with Crippen LogP contribution < -0.4 is 4.90 Å². The topological polar surface area (TPSA) is 29.0 Å². The molecule has 0 unspecified atom stereocenters. The Balaban J connectivity index is 2.18. The normalized spacial score (nSPS) is 16.0. The number of nitrogens with zero attached hydrogens (tertiary/aromatic N) is 3. The molecule has 1 fully saturated rings. The van der Waals surface area contributed by atoms with Crippen LogP contribution in [0, 0.1) is 6.92 Å². The van der Waals surface area contributed by atoms with Gasteiger partial charge >= 0.3 is 0 Å². The molecule has 0 amide bonds. The van der Waals surface area contributed by atoms with Crippen molar-refractivity contribution in [2.75, 3.05) is 18.0 Å². The minimum atomic E-state index is 0.910. The number of fused-ring (bicyclic) bond motifs is 1. The number of aryl methyl sites for hydroxylation is 2. The molecule has 1 aliphatic rings. The summed E-state index contributed by atoms with van der Waals surface area (Å²) in [5, 5.41) is 1.24. The Hall–Kier alpha value is -1.16. The van der Waals surface area contributed by atoms with Gasteiger partial charge in [-0.05, 0) is 25.8 Å². The average Bonchev–Trinajstić information content (AvgIpc) is 2.94. The van der Waals surface area contributed by atoms with E-state index in [1.54, 1.807) is 11.3 Å². The van der Waals surface area contributed by atoms with Gasteiger partial charge in [-0.1, -0.05) is 6.92 Å².